The summed E-state index contributed by atoms with van der Waals surface area (Å²) in [5, 5.41) is 0. The van der Waals surface area contributed by atoms with Crippen molar-refractivity contribution >= 4 is 15.9 Å². The highest BCUT2D eigenvalue weighted by Crippen LogP contribution is 2.27. The maximum Gasteiger partial charge on any atom is 0.213 e. The Labute approximate surface area is 97.9 Å². The molecule has 0 aliphatic heterocycles. The van der Waals surface area contributed by atoms with E-state index >= 15 is 0 Å². The molecular weight excluding hydrogens is 258 g/mol. The Morgan fingerprint density at radius 1 is 1.33 bits per heavy atom. The van der Waals surface area contributed by atoms with Gasteiger partial charge in [-0.15, -0.1) is 0 Å². The maximum absolute atomic E-state index is 5.71. The second-order valence-corrected chi connectivity index (χ2v) is 4.64. The van der Waals surface area contributed by atoms with E-state index in [9.17, 15) is 0 Å². The van der Waals surface area contributed by atoms with Crippen molar-refractivity contribution in [2.75, 3.05) is 7.11 Å². The summed E-state index contributed by atoms with van der Waals surface area (Å²) in [4.78, 5) is 4.34. The summed E-state index contributed by atoms with van der Waals surface area (Å²) in [6.07, 6.45) is 2.56. The number of pyridine rings is 1. The molecule has 0 unspecified atom stereocenters. The number of hydrogen-bond acceptors (Lipinski definition) is 3. The van der Waals surface area contributed by atoms with Gasteiger partial charge in [0.1, 0.15) is 6.10 Å². The zero-order chi connectivity index (χ0) is 10.8. The van der Waals surface area contributed by atoms with Gasteiger partial charge in [0, 0.05) is 30.5 Å². The highest BCUT2D eigenvalue weighted by Gasteiger charge is 2.31. The lowest BCUT2D eigenvalue weighted by molar-refractivity contribution is -0.0396. The van der Waals surface area contributed by atoms with Crippen LogP contribution in [0.1, 0.15) is 18.5 Å². The summed E-state index contributed by atoms with van der Waals surface area (Å²) in [5.74, 6) is 0.704. The fourth-order valence-corrected chi connectivity index (χ4v) is 1.78. The molecule has 1 aromatic rings. The van der Waals surface area contributed by atoms with Gasteiger partial charge in [-0.05, 0) is 28.9 Å². The third kappa shape index (κ3) is 2.49. The zero-order valence-corrected chi connectivity index (χ0v) is 10.5. The van der Waals surface area contributed by atoms with Gasteiger partial charge in [0.15, 0.2) is 0 Å². The normalized spacial score (nSPS) is 24.7. The van der Waals surface area contributed by atoms with Crippen LogP contribution in [-0.4, -0.2) is 24.3 Å². The molecule has 15 heavy (non-hydrogen) atoms. The summed E-state index contributed by atoms with van der Waals surface area (Å²) in [5.41, 5.74) is 0.954. The standard InChI is InChI=1S/C11H14BrNO2/c1-7-10(12)3-4-11(13-7)15-9-5-8(6-9)14-2/h3-4,8-9H,5-6H2,1-2H3. The predicted octanol–water partition coefficient (Wildman–Crippen LogP) is 2.71. The molecule has 1 aromatic heterocycles. The van der Waals surface area contributed by atoms with Crippen molar-refractivity contribution in [1.82, 2.24) is 4.98 Å². The lowest BCUT2D eigenvalue weighted by Gasteiger charge is -2.33. The van der Waals surface area contributed by atoms with E-state index in [-0.39, 0.29) is 6.10 Å². The molecule has 82 valence electrons. The number of methoxy groups -OCH3 is 1. The smallest absolute Gasteiger partial charge is 0.213 e. The highest BCUT2D eigenvalue weighted by atomic mass is 79.9. The largest absolute Gasteiger partial charge is 0.474 e. The molecule has 2 rings (SSSR count). The SMILES string of the molecule is COC1CC(Oc2ccc(Br)c(C)n2)C1. The first-order valence-corrected chi connectivity index (χ1v) is 5.81. The Balaban J connectivity index is 1.92. The average molecular weight is 272 g/mol. The maximum atomic E-state index is 5.71. The van der Waals surface area contributed by atoms with Gasteiger partial charge in [0.25, 0.3) is 0 Å². The monoisotopic (exact) mass is 271 g/mol. The fraction of sp³-hybridized carbons (Fsp3) is 0.545. The van der Waals surface area contributed by atoms with E-state index in [1.807, 2.05) is 19.1 Å². The van der Waals surface area contributed by atoms with E-state index in [0.717, 1.165) is 23.0 Å². The molecule has 0 atom stereocenters. The number of aromatic nitrogens is 1. The van der Waals surface area contributed by atoms with Crippen LogP contribution in [0.5, 0.6) is 5.88 Å². The van der Waals surface area contributed by atoms with Crippen molar-refractivity contribution in [2.24, 2.45) is 0 Å². The summed E-state index contributed by atoms with van der Waals surface area (Å²) in [6.45, 7) is 1.95. The minimum absolute atomic E-state index is 0.267. The molecule has 1 saturated carbocycles. The minimum Gasteiger partial charge on any atom is -0.474 e. The number of ether oxygens (including phenoxy) is 2. The van der Waals surface area contributed by atoms with E-state index in [4.69, 9.17) is 9.47 Å². The molecule has 0 aromatic carbocycles. The number of aryl methyl sites for hydroxylation is 1. The van der Waals surface area contributed by atoms with E-state index in [1.165, 1.54) is 0 Å². The molecule has 0 amide bonds. The summed E-state index contributed by atoms with van der Waals surface area (Å²) >= 11 is 3.41. The molecule has 0 bridgehead atoms. The summed E-state index contributed by atoms with van der Waals surface area (Å²) < 4.78 is 11.9. The van der Waals surface area contributed by atoms with Gasteiger partial charge in [-0.25, -0.2) is 4.98 Å². The molecule has 1 heterocycles. The van der Waals surface area contributed by atoms with Crippen LogP contribution >= 0.6 is 15.9 Å². The van der Waals surface area contributed by atoms with Crippen LogP contribution in [-0.2, 0) is 4.74 Å². The Hall–Kier alpha value is -0.610. The Morgan fingerprint density at radius 3 is 2.67 bits per heavy atom. The number of rotatable bonds is 3. The molecule has 1 aliphatic rings. The van der Waals surface area contributed by atoms with Crippen LogP contribution in [0.3, 0.4) is 0 Å². The van der Waals surface area contributed by atoms with E-state index in [2.05, 4.69) is 20.9 Å². The molecule has 0 spiro atoms. The molecule has 0 radical (unpaired) electrons. The Kier molecular flexibility index (Phi) is 3.26. The van der Waals surface area contributed by atoms with Crippen LogP contribution < -0.4 is 4.74 Å². The van der Waals surface area contributed by atoms with E-state index < -0.39 is 0 Å². The summed E-state index contributed by atoms with van der Waals surface area (Å²) in [6, 6.07) is 3.85. The lowest BCUT2D eigenvalue weighted by Crippen LogP contribution is -2.39. The first-order valence-electron chi connectivity index (χ1n) is 5.01. The number of nitrogens with zero attached hydrogens (tertiary/aromatic N) is 1. The van der Waals surface area contributed by atoms with Crippen molar-refractivity contribution in [3.05, 3.63) is 22.3 Å². The van der Waals surface area contributed by atoms with Gasteiger partial charge in [-0.3, -0.25) is 0 Å². The third-order valence-electron chi connectivity index (χ3n) is 2.67. The van der Waals surface area contributed by atoms with Crippen molar-refractivity contribution in [1.29, 1.82) is 0 Å². The molecule has 3 nitrogen and oxygen atoms in total. The average Bonchev–Trinajstić information content (AvgIpc) is 2.16. The van der Waals surface area contributed by atoms with E-state index in [0.29, 0.717) is 12.0 Å². The van der Waals surface area contributed by atoms with Crippen LogP contribution in [0.15, 0.2) is 16.6 Å². The van der Waals surface area contributed by atoms with Gasteiger partial charge >= 0.3 is 0 Å². The van der Waals surface area contributed by atoms with E-state index in [1.54, 1.807) is 7.11 Å². The van der Waals surface area contributed by atoms with Crippen molar-refractivity contribution in [2.45, 2.75) is 32.0 Å². The van der Waals surface area contributed by atoms with Gasteiger partial charge < -0.3 is 9.47 Å². The fourth-order valence-electron chi connectivity index (χ4n) is 1.56. The quantitative estimate of drug-likeness (QED) is 0.847. The van der Waals surface area contributed by atoms with Crippen LogP contribution in [0.25, 0.3) is 0 Å². The number of halogens is 1. The second-order valence-electron chi connectivity index (χ2n) is 3.79. The van der Waals surface area contributed by atoms with Crippen molar-refractivity contribution < 1.29 is 9.47 Å². The zero-order valence-electron chi connectivity index (χ0n) is 8.87. The number of hydrogen-bond donors (Lipinski definition) is 0. The minimum atomic E-state index is 0.267. The Morgan fingerprint density at radius 2 is 2.07 bits per heavy atom. The highest BCUT2D eigenvalue weighted by molar-refractivity contribution is 9.10. The first-order chi connectivity index (χ1) is 7.19. The second kappa shape index (κ2) is 4.49. The topological polar surface area (TPSA) is 31.4 Å². The van der Waals surface area contributed by atoms with Crippen LogP contribution in [0, 0.1) is 6.92 Å². The van der Waals surface area contributed by atoms with Gasteiger partial charge in [-0.1, -0.05) is 0 Å². The van der Waals surface area contributed by atoms with Crippen LogP contribution in [0.4, 0.5) is 0 Å². The molecule has 0 saturated heterocycles. The van der Waals surface area contributed by atoms with Gasteiger partial charge in [-0.2, -0.15) is 0 Å². The Bertz CT molecular complexity index is 350. The molecular formula is C11H14BrNO2. The van der Waals surface area contributed by atoms with Gasteiger partial charge in [0.05, 0.1) is 11.8 Å². The molecule has 0 N–H and O–H groups in total. The van der Waals surface area contributed by atoms with Gasteiger partial charge in [0.2, 0.25) is 5.88 Å². The molecule has 1 fully saturated rings. The predicted molar refractivity (Wildman–Crippen MR) is 61.1 cm³/mol. The van der Waals surface area contributed by atoms with Crippen molar-refractivity contribution in [3.63, 3.8) is 0 Å². The van der Waals surface area contributed by atoms with Crippen molar-refractivity contribution in [3.8, 4) is 5.88 Å². The lowest BCUT2D eigenvalue weighted by atomic mass is 9.92. The molecule has 4 heteroatoms. The first kappa shape index (κ1) is 10.9. The molecule has 1 aliphatic carbocycles. The third-order valence-corrected chi connectivity index (χ3v) is 3.51. The summed E-state index contributed by atoms with van der Waals surface area (Å²) in [7, 11) is 1.74. The van der Waals surface area contributed by atoms with Crippen LogP contribution in [0.2, 0.25) is 0 Å².